The standard InChI is InChI=1S/C15H19ClN2O2/c16-10-5-3-9(4-6-10)8-12(19)18-14-13(17)11-2-1-7-20-15(11)14/h3-6,11,13-15H,1-2,7-8,17H2,(H,18,19). The molecule has 0 aromatic heterocycles. The van der Waals surface area contributed by atoms with Gasteiger partial charge in [0, 0.05) is 23.6 Å². The number of rotatable bonds is 3. The molecule has 0 bridgehead atoms. The lowest BCUT2D eigenvalue weighted by Gasteiger charge is -2.52. The molecule has 0 radical (unpaired) electrons. The van der Waals surface area contributed by atoms with E-state index < -0.39 is 0 Å². The third kappa shape index (κ3) is 2.68. The second kappa shape index (κ2) is 5.72. The molecule has 0 spiro atoms. The predicted molar refractivity (Wildman–Crippen MR) is 77.5 cm³/mol. The van der Waals surface area contributed by atoms with E-state index in [1.165, 1.54) is 0 Å². The highest BCUT2D eigenvalue weighted by Gasteiger charge is 2.50. The number of amides is 1. The van der Waals surface area contributed by atoms with Gasteiger partial charge in [0.2, 0.25) is 5.91 Å². The molecule has 4 nitrogen and oxygen atoms in total. The normalized spacial score (nSPS) is 32.1. The molecular weight excluding hydrogens is 276 g/mol. The van der Waals surface area contributed by atoms with Crippen molar-refractivity contribution in [2.45, 2.75) is 37.5 Å². The van der Waals surface area contributed by atoms with Crippen LogP contribution in [0.2, 0.25) is 5.02 Å². The van der Waals surface area contributed by atoms with E-state index in [0.29, 0.717) is 17.4 Å². The third-order valence-electron chi connectivity index (χ3n) is 4.28. The van der Waals surface area contributed by atoms with Crippen molar-refractivity contribution in [3.8, 4) is 0 Å². The summed E-state index contributed by atoms with van der Waals surface area (Å²) in [4.78, 5) is 12.1. The van der Waals surface area contributed by atoms with Crippen LogP contribution >= 0.6 is 11.6 Å². The lowest BCUT2D eigenvalue weighted by atomic mass is 9.68. The van der Waals surface area contributed by atoms with E-state index in [1.54, 1.807) is 12.1 Å². The molecule has 1 aromatic carbocycles. The second-order valence-corrected chi connectivity index (χ2v) is 6.05. The fourth-order valence-corrected chi connectivity index (χ4v) is 3.28. The van der Waals surface area contributed by atoms with Crippen LogP contribution in [0.15, 0.2) is 24.3 Å². The van der Waals surface area contributed by atoms with Crippen molar-refractivity contribution < 1.29 is 9.53 Å². The third-order valence-corrected chi connectivity index (χ3v) is 4.53. The number of carbonyl (C=O) groups excluding carboxylic acids is 1. The predicted octanol–water partition coefficient (Wildman–Crippen LogP) is 1.50. The van der Waals surface area contributed by atoms with Crippen LogP contribution in [0.4, 0.5) is 0 Å². The number of nitrogens with two attached hydrogens (primary N) is 1. The molecular formula is C15H19ClN2O2. The summed E-state index contributed by atoms with van der Waals surface area (Å²) < 4.78 is 5.71. The molecule has 1 saturated carbocycles. The number of fused-ring (bicyclic) bond motifs is 1. The maximum Gasteiger partial charge on any atom is 0.224 e. The summed E-state index contributed by atoms with van der Waals surface area (Å²) in [6.45, 7) is 0.775. The molecule has 20 heavy (non-hydrogen) atoms. The molecule has 1 aromatic rings. The van der Waals surface area contributed by atoms with Crippen molar-refractivity contribution in [1.82, 2.24) is 5.32 Å². The number of benzene rings is 1. The van der Waals surface area contributed by atoms with E-state index in [2.05, 4.69) is 5.32 Å². The van der Waals surface area contributed by atoms with E-state index in [1.807, 2.05) is 12.1 Å². The summed E-state index contributed by atoms with van der Waals surface area (Å²) in [5, 5.41) is 3.68. The van der Waals surface area contributed by atoms with Crippen LogP contribution in [0.5, 0.6) is 0 Å². The van der Waals surface area contributed by atoms with E-state index in [0.717, 1.165) is 25.0 Å². The highest BCUT2D eigenvalue weighted by molar-refractivity contribution is 6.30. The Balaban J connectivity index is 1.55. The molecule has 3 N–H and O–H groups in total. The topological polar surface area (TPSA) is 64.3 Å². The molecule has 108 valence electrons. The monoisotopic (exact) mass is 294 g/mol. The van der Waals surface area contributed by atoms with Crippen LogP contribution < -0.4 is 11.1 Å². The zero-order chi connectivity index (χ0) is 14.1. The zero-order valence-corrected chi connectivity index (χ0v) is 12.0. The van der Waals surface area contributed by atoms with Crippen molar-refractivity contribution in [2.75, 3.05) is 6.61 Å². The molecule has 1 aliphatic heterocycles. The second-order valence-electron chi connectivity index (χ2n) is 5.62. The lowest BCUT2D eigenvalue weighted by molar-refractivity contribution is -0.138. The van der Waals surface area contributed by atoms with Gasteiger partial charge in [-0.1, -0.05) is 23.7 Å². The van der Waals surface area contributed by atoms with Gasteiger partial charge < -0.3 is 15.8 Å². The summed E-state index contributed by atoms with van der Waals surface area (Å²) in [6.07, 6.45) is 2.63. The number of hydrogen-bond acceptors (Lipinski definition) is 3. The van der Waals surface area contributed by atoms with Crippen molar-refractivity contribution >= 4 is 17.5 Å². The minimum atomic E-state index is -0.0416. The Morgan fingerprint density at radius 3 is 2.90 bits per heavy atom. The van der Waals surface area contributed by atoms with Crippen LogP contribution in [-0.4, -0.2) is 30.7 Å². The molecule has 5 heteroatoms. The minimum Gasteiger partial charge on any atom is -0.376 e. The molecule has 4 atom stereocenters. The molecule has 1 amide bonds. The van der Waals surface area contributed by atoms with Crippen LogP contribution in [0.25, 0.3) is 0 Å². The van der Waals surface area contributed by atoms with Crippen LogP contribution in [0.1, 0.15) is 18.4 Å². The zero-order valence-electron chi connectivity index (χ0n) is 11.2. The first-order valence-electron chi connectivity index (χ1n) is 7.06. The summed E-state index contributed by atoms with van der Waals surface area (Å²) in [5.41, 5.74) is 7.07. The van der Waals surface area contributed by atoms with Crippen molar-refractivity contribution in [3.63, 3.8) is 0 Å². The summed E-state index contributed by atoms with van der Waals surface area (Å²) in [7, 11) is 0. The largest absolute Gasteiger partial charge is 0.376 e. The van der Waals surface area contributed by atoms with Gasteiger partial charge in [-0.25, -0.2) is 0 Å². The van der Waals surface area contributed by atoms with Gasteiger partial charge in [0.25, 0.3) is 0 Å². The maximum absolute atomic E-state index is 12.1. The first-order chi connectivity index (χ1) is 9.65. The van der Waals surface area contributed by atoms with Crippen LogP contribution in [0.3, 0.4) is 0 Å². The smallest absolute Gasteiger partial charge is 0.224 e. The maximum atomic E-state index is 12.1. The van der Waals surface area contributed by atoms with Gasteiger partial charge in [0.05, 0.1) is 18.6 Å². The van der Waals surface area contributed by atoms with Gasteiger partial charge in [-0.05, 0) is 30.5 Å². The average molecular weight is 295 g/mol. The number of ether oxygens (including phenoxy) is 1. The molecule has 2 aliphatic rings. The Kier molecular flexibility index (Phi) is 3.96. The molecule has 3 rings (SSSR count). The quantitative estimate of drug-likeness (QED) is 0.888. The fraction of sp³-hybridized carbons (Fsp3) is 0.533. The molecule has 2 fully saturated rings. The highest BCUT2D eigenvalue weighted by atomic mass is 35.5. The Bertz CT molecular complexity index is 491. The first-order valence-corrected chi connectivity index (χ1v) is 7.44. The SMILES string of the molecule is NC1C2CCCOC2C1NC(=O)Cc1ccc(Cl)cc1. The Hall–Kier alpha value is -1.10. The van der Waals surface area contributed by atoms with Gasteiger partial charge in [-0.2, -0.15) is 0 Å². The van der Waals surface area contributed by atoms with Gasteiger partial charge in [-0.15, -0.1) is 0 Å². The van der Waals surface area contributed by atoms with E-state index >= 15 is 0 Å². The molecule has 1 saturated heterocycles. The summed E-state index contributed by atoms with van der Waals surface area (Å²) in [6, 6.07) is 7.29. The van der Waals surface area contributed by atoms with E-state index in [-0.39, 0.29) is 24.1 Å². The molecule has 1 aliphatic carbocycles. The van der Waals surface area contributed by atoms with Gasteiger partial charge >= 0.3 is 0 Å². The molecule has 4 unspecified atom stereocenters. The summed E-state index contributed by atoms with van der Waals surface area (Å²) in [5.74, 6) is 0.393. The Labute approximate surface area is 123 Å². The van der Waals surface area contributed by atoms with Crippen LogP contribution in [-0.2, 0) is 16.0 Å². The molecule has 1 heterocycles. The summed E-state index contributed by atoms with van der Waals surface area (Å²) >= 11 is 5.83. The lowest BCUT2D eigenvalue weighted by Crippen LogP contribution is -2.72. The Morgan fingerprint density at radius 2 is 2.15 bits per heavy atom. The van der Waals surface area contributed by atoms with Gasteiger partial charge in [0.1, 0.15) is 0 Å². The van der Waals surface area contributed by atoms with Gasteiger partial charge in [-0.3, -0.25) is 4.79 Å². The first kappa shape index (κ1) is 13.9. The number of carbonyl (C=O) groups is 1. The van der Waals surface area contributed by atoms with Crippen molar-refractivity contribution in [1.29, 1.82) is 0 Å². The number of hydrogen-bond donors (Lipinski definition) is 2. The average Bonchev–Trinajstić information content (AvgIpc) is 2.47. The highest BCUT2D eigenvalue weighted by Crippen LogP contribution is 2.36. The van der Waals surface area contributed by atoms with Gasteiger partial charge in [0.15, 0.2) is 0 Å². The van der Waals surface area contributed by atoms with Crippen molar-refractivity contribution in [3.05, 3.63) is 34.9 Å². The van der Waals surface area contributed by atoms with E-state index in [4.69, 9.17) is 22.1 Å². The fourth-order valence-electron chi connectivity index (χ4n) is 3.15. The number of nitrogens with one attached hydrogen (secondary N) is 1. The minimum absolute atomic E-state index is 0.0135. The van der Waals surface area contributed by atoms with E-state index in [9.17, 15) is 4.79 Å². The number of halogens is 1. The van der Waals surface area contributed by atoms with Crippen molar-refractivity contribution in [2.24, 2.45) is 11.7 Å². The van der Waals surface area contributed by atoms with Crippen LogP contribution in [0, 0.1) is 5.92 Å². The Morgan fingerprint density at radius 1 is 1.40 bits per heavy atom.